The van der Waals surface area contributed by atoms with E-state index in [-0.39, 0.29) is 11.8 Å². The molecular formula is C21H23ClN2O3. The topological polar surface area (TPSA) is 58.6 Å². The molecule has 2 amide bonds. The van der Waals surface area contributed by atoms with Crippen LogP contribution in [0, 0.1) is 5.41 Å². The van der Waals surface area contributed by atoms with E-state index < -0.39 is 5.41 Å². The van der Waals surface area contributed by atoms with E-state index in [9.17, 15) is 9.59 Å². The van der Waals surface area contributed by atoms with E-state index in [0.29, 0.717) is 23.0 Å². The molecule has 2 aromatic carbocycles. The zero-order chi connectivity index (χ0) is 19.6. The average Bonchev–Trinajstić information content (AvgIpc) is 2.67. The van der Waals surface area contributed by atoms with Crippen LogP contribution in [0.25, 0.3) is 0 Å². The highest BCUT2D eigenvalue weighted by Gasteiger charge is 2.40. The minimum Gasteiger partial charge on any atom is -0.495 e. The van der Waals surface area contributed by atoms with Crippen LogP contribution in [-0.2, 0) is 16.0 Å². The number of halogens is 1. The van der Waals surface area contributed by atoms with Gasteiger partial charge in [-0.1, -0.05) is 29.8 Å². The minimum absolute atomic E-state index is 0.216. The van der Waals surface area contributed by atoms with E-state index >= 15 is 0 Å². The van der Waals surface area contributed by atoms with E-state index in [2.05, 4.69) is 5.32 Å². The second-order valence-electron chi connectivity index (χ2n) is 7.12. The highest BCUT2D eigenvalue weighted by molar-refractivity contribution is 6.32. The lowest BCUT2D eigenvalue weighted by Crippen LogP contribution is -2.49. The number of hydrogen-bond donors (Lipinski definition) is 1. The van der Waals surface area contributed by atoms with Crippen LogP contribution in [-0.4, -0.2) is 25.5 Å². The van der Waals surface area contributed by atoms with Crippen molar-refractivity contribution in [2.45, 2.75) is 26.7 Å². The Kier molecular flexibility index (Phi) is 5.42. The summed E-state index contributed by atoms with van der Waals surface area (Å²) in [6.07, 6.45) is 1.82. The summed E-state index contributed by atoms with van der Waals surface area (Å²) in [6.45, 7) is 3.90. The molecule has 1 N–H and O–H groups in total. The molecule has 1 aliphatic rings. The molecule has 142 valence electrons. The number of amides is 2. The number of nitrogens with zero attached hydrogens (tertiary/aromatic N) is 1. The van der Waals surface area contributed by atoms with Crippen LogP contribution in [0.3, 0.4) is 0 Å². The first-order valence-corrected chi connectivity index (χ1v) is 9.27. The van der Waals surface area contributed by atoms with E-state index in [1.165, 1.54) is 7.11 Å². The van der Waals surface area contributed by atoms with Crippen molar-refractivity contribution in [3.8, 4) is 5.75 Å². The molecule has 0 fully saturated rings. The zero-order valence-corrected chi connectivity index (χ0v) is 16.5. The Bertz CT molecular complexity index is 879. The summed E-state index contributed by atoms with van der Waals surface area (Å²) in [5.74, 6) is -0.0709. The van der Waals surface area contributed by atoms with Crippen LogP contribution in [0.15, 0.2) is 42.5 Å². The first kappa shape index (κ1) is 19.2. The summed E-state index contributed by atoms with van der Waals surface area (Å²) in [4.78, 5) is 27.8. The van der Waals surface area contributed by atoms with Gasteiger partial charge in [0.15, 0.2) is 0 Å². The van der Waals surface area contributed by atoms with Gasteiger partial charge in [0.2, 0.25) is 11.8 Å². The van der Waals surface area contributed by atoms with E-state index in [4.69, 9.17) is 16.3 Å². The second-order valence-corrected chi connectivity index (χ2v) is 7.52. The first-order chi connectivity index (χ1) is 12.8. The molecule has 0 saturated heterocycles. The molecule has 1 heterocycles. The van der Waals surface area contributed by atoms with E-state index in [1.54, 1.807) is 36.9 Å². The molecule has 5 nitrogen and oxygen atoms in total. The van der Waals surface area contributed by atoms with Gasteiger partial charge in [0, 0.05) is 17.9 Å². The fourth-order valence-corrected chi connectivity index (χ4v) is 3.47. The number of carbonyl (C=O) groups excluding carboxylic acids is 2. The number of rotatable bonds is 4. The molecule has 6 heteroatoms. The SMILES string of the molecule is COc1ccc(NC(=O)C(C)(C)C(=O)N2CCCc3ccccc32)cc1Cl. The monoisotopic (exact) mass is 386 g/mol. The predicted molar refractivity (Wildman–Crippen MR) is 108 cm³/mol. The number of carbonyl (C=O) groups is 2. The number of nitrogens with one attached hydrogen (secondary N) is 1. The van der Waals surface area contributed by atoms with Crippen molar-refractivity contribution in [1.82, 2.24) is 0 Å². The summed E-state index contributed by atoms with van der Waals surface area (Å²) < 4.78 is 5.12. The molecule has 2 aromatic rings. The molecular weight excluding hydrogens is 364 g/mol. The van der Waals surface area contributed by atoms with Crippen LogP contribution in [0.2, 0.25) is 5.02 Å². The number of ether oxygens (including phenoxy) is 1. The highest BCUT2D eigenvalue weighted by Crippen LogP contribution is 2.32. The number of benzene rings is 2. The first-order valence-electron chi connectivity index (χ1n) is 8.89. The Balaban J connectivity index is 1.80. The molecule has 1 aliphatic heterocycles. The fraction of sp³-hybridized carbons (Fsp3) is 0.333. The van der Waals surface area contributed by atoms with Gasteiger partial charge in [-0.15, -0.1) is 0 Å². The second kappa shape index (κ2) is 7.61. The van der Waals surface area contributed by atoms with Crippen LogP contribution in [0.4, 0.5) is 11.4 Å². The van der Waals surface area contributed by atoms with Gasteiger partial charge in [0.25, 0.3) is 0 Å². The van der Waals surface area contributed by atoms with E-state index in [0.717, 1.165) is 24.1 Å². The summed E-state index contributed by atoms with van der Waals surface area (Å²) >= 11 is 6.12. The molecule has 0 aromatic heterocycles. The van der Waals surface area contributed by atoms with Gasteiger partial charge in [-0.05, 0) is 56.5 Å². The van der Waals surface area contributed by atoms with Gasteiger partial charge in [0.05, 0.1) is 12.1 Å². The maximum Gasteiger partial charge on any atom is 0.242 e. The van der Waals surface area contributed by atoms with Crippen molar-refractivity contribution in [3.05, 3.63) is 53.1 Å². The third-order valence-corrected chi connectivity index (χ3v) is 5.16. The van der Waals surface area contributed by atoms with Crippen LogP contribution >= 0.6 is 11.6 Å². The molecule has 0 radical (unpaired) electrons. The summed E-state index contributed by atoms with van der Waals surface area (Å²) in [5, 5.41) is 3.18. The Morgan fingerprint density at radius 2 is 1.93 bits per heavy atom. The lowest BCUT2D eigenvalue weighted by Gasteiger charge is -2.35. The van der Waals surface area contributed by atoms with Crippen molar-refractivity contribution >= 4 is 34.8 Å². The molecule has 0 unspecified atom stereocenters. The van der Waals surface area contributed by atoms with Crippen LogP contribution in [0.1, 0.15) is 25.8 Å². The highest BCUT2D eigenvalue weighted by atomic mass is 35.5. The minimum atomic E-state index is -1.23. The number of fused-ring (bicyclic) bond motifs is 1. The predicted octanol–water partition coefficient (Wildman–Crippen LogP) is 4.29. The van der Waals surface area contributed by atoms with Gasteiger partial charge in [-0.2, -0.15) is 0 Å². The van der Waals surface area contributed by atoms with Crippen LogP contribution < -0.4 is 15.0 Å². The van der Waals surface area contributed by atoms with Crippen LogP contribution in [0.5, 0.6) is 5.75 Å². The quantitative estimate of drug-likeness (QED) is 0.797. The van der Waals surface area contributed by atoms with Crippen molar-refractivity contribution < 1.29 is 14.3 Å². The van der Waals surface area contributed by atoms with Crippen molar-refractivity contribution in [1.29, 1.82) is 0 Å². The lowest BCUT2D eigenvalue weighted by atomic mass is 9.88. The van der Waals surface area contributed by atoms with Gasteiger partial charge in [0.1, 0.15) is 11.2 Å². The normalized spacial score (nSPS) is 13.7. The molecule has 0 aliphatic carbocycles. The van der Waals surface area contributed by atoms with Crippen molar-refractivity contribution in [2.24, 2.45) is 5.41 Å². The van der Waals surface area contributed by atoms with E-state index in [1.807, 2.05) is 24.3 Å². The fourth-order valence-electron chi connectivity index (χ4n) is 3.21. The number of anilines is 2. The smallest absolute Gasteiger partial charge is 0.242 e. The summed E-state index contributed by atoms with van der Waals surface area (Å²) in [7, 11) is 1.53. The standard InChI is InChI=1S/C21H23ClN2O3/c1-21(2,19(25)23-15-10-11-18(27-3)16(22)13-15)20(26)24-12-6-8-14-7-4-5-9-17(14)24/h4-5,7,9-11,13H,6,8,12H2,1-3H3,(H,23,25). The van der Waals surface area contributed by atoms with Gasteiger partial charge in [-0.3, -0.25) is 9.59 Å². The van der Waals surface area contributed by atoms with Gasteiger partial charge >= 0.3 is 0 Å². The van der Waals surface area contributed by atoms with Crippen molar-refractivity contribution in [2.75, 3.05) is 23.9 Å². The maximum absolute atomic E-state index is 13.2. The Labute approximate surface area is 164 Å². The molecule has 0 bridgehead atoms. The zero-order valence-electron chi connectivity index (χ0n) is 15.7. The molecule has 0 saturated carbocycles. The maximum atomic E-state index is 13.2. The molecule has 0 spiro atoms. The van der Waals surface area contributed by atoms with Gasteiger partial charge < -0.3 is 15.0 Å². The van der Waals surface area contributed by atoms with Gasteiger partial charge in [-0.25, -0.2) is 0 Å². The largest absolute Gasteiger partial charge is 0.495 e. The summed E-state index contributed by atoms with van der Waals surface area (Å²) in [5.41, 5.74) is 1.32. The average molecular weight is 387 g/mol. The third-order valence-electron chi connectivity index (χ3n) is 4.87. The molecule has 27 heavy (non-hydrogen) atoms. The Morgan fingerprint density at radius 3 is 2.63 bits per heavy atom. The molecule has 3 rings (SSSR count). The number of methoxy groups -OCH3 is 1. The molecule has 0 atom stereocenters. The Hall–Kier alpha value is -2.53. The third kappa shape index (κ3) is 3.78. The van der Waals surface area contributed by atoms with Crippen molar-refractivity contribution in [3.63, 3.8) is 0 Å². The number of para-hydroxylation sites is 1. The number of hydrogen-bond acceptors (Lipinski definition) is 3. The number of aryl methyl sites for hydroxylation is 1. The summed E-state index contributed by atoms with van der Waals surface area (Å²) in [6, 6.07) is 12.8. The lowest BCUT2D eigenvalue weighted by molar-refractivity contribution is -0.136. The Morgan fingerprint density at radius 1 is 1.19 bits per heavy atom.